The van der Waals surface area contributed by atoms with Crippen molar-refractivity contribution in [2.75, 3.05) is 11.3 Å². The molecule has 3 rings (SSSR count). The second-order valence-electron chi connectivity index (χ2n) is 5.90. The van der Waals surface area contributed by atoms with Crippen LogP contribution in [0.15, 0.2) is 40.6 Å². The average Bonchev–Trinajstić information content (AvgIpc) is 3.14. The molecule has 6 nitrogen and oxygen atoms in total. The molecule has 0 radical (unpaired) electrons. The van der Waals surface area contributed by atoms with Gasteiger partial charge in [-0.05, 0) is 51.1 Å². The fraction of sp³-hybridized carbons (Fsp3) is 0.278. The highest BCUT2D eigenvalue weighted by Crippen LogP contribution is 2.31. The van der Waals surface area contributed by atoms with Crippen LogP contribution in [0.25, 0.3) is 10.7 Å². The van der Waals surface area contributed by atoms with Crippen molar-refractivity contribution in [2.24, 2.45) is 7.05 Å². The minimum atomic E-state index is -3.71. The Kier molecular flexibility index (Phi) is 5.06. The molecule has 1 aromatic carbocycles. The highest BCUT2D eigenvalue weighted by Gasteiger charge is 2.23. The van der Waals surface area contributed by atoms with Gasteiger partial charge in [0.25, 0.3) is 10.0 Å². The van der Waals surface area contributed by atoms with Crippen LogP contribution in [0.2, 0.25) is 0 Å². The van der Waals surface area contributed by atoms with Crippen LogP contribution in [0.5, 0.6) is 5.75 Å². The molecular formula is C18H21N3O3S2. The number of nitrogens with one attached hydrogen (secondary N) is 1. The normalized spacial score (nSPS) is 11.5. The third-order valence-electron chi connectivity index (χ3n) is 4.03. The average molecular weight is 392 g/mol. The fourth-order valence-corrected chi connectivity index (χ4v) is 4.81. The maximum absolute atomic E-state index is 12.9. The molecule has 0 amide bonds. The minimum absolute atomic E-state index is 0.247. The molecule has 0 aliphatic rings. The van der Waals surface area contributed by atoms with Gasteiger partial charge in [0, 0.05) is 29.5 Å². The Labute approximate surface area is 157 Å². The van der Waals surface area contributed by atoms with Gasteiger partial charge in [-0.1, -0.05) is 0 Å². The first-order chi connectivity index (χ1) is 12.3. The van der Waals surface area contributed by atoms with Gasteiger partial charge in [-0.25, -0.2) is 13.4 Å². The van der Waals surface area contributed by atoms with Crippen molar-refractivity contribution in [1.29, 1.82) is 0 Å². The summed E-state index contributed by atoms with van der Waals surface area (Å²) in [6, 6.07) is 8.52. The van der Waals surface area contributed by atoms with Crippen LogP contribution in [0.1, 0.15) is 18.3 Å². The van der Waals surface area contributed by atoms with Gasteiger partial charge in [-0.2, -0.15) is 0 Å². The highest BCUT2D eigenvalue weighted by atomic mass is 32.2. The first-order valence-electron chi connectivity index (χ1n) is 8.16. The number of rotatable bonds is 6. The van der Waals surface area contributed by atoms with E-state index in [2.05, 4.69) is 9.71 Å². The predicted octanol–water partition coefficient (Wildman–Crippen LogP) is 3.96. The van der Waals surface area contributed by atoms with Gasteiger partial charge < -0.3 is 9.30 Å². The number of sulfonamides is 1. The van der Waals surface area contributed by atoms with Crippen molar-refractivity contribution in [2.45, 2.75) is 25.7 Å². The molecular weight excluding hydrogens is 370 g/mol. The molecule has 3 aromatic rings. The van der Waals surface area contributed by atoms with Gasteiger partial charge in [0.05, 0.1) is 12.3 Å². The Bertz CT molecular complexity index is 1020. The van der Waals surface area contributed by atoms with Gasteiger partial charge in [0.15, 0.2) is 0 Å². The number of thiazole rings is 1. The number of nitrogens with zero attached hydrogens (tertiary/aromatic N) is 2. The Morgan fingerprint density at radius 1 is 1.23 bits per heavy atom. The van der Waals surface area contributed by atoms with E-state index in [9.17, 15) is 8.42 Å². The van der Waals surface area contributed by atoms with E-state index in [4.69, 9.17) is 4.74 Å². The summed E-state index contributed by atoms with van der Waals surface area (Å²) in [6.45, 7) is 6.17. The summed E-state index contributed by atoms with van der Waals surface area (Å²) in [6.07, 6.45) is 0. The van der Waals surface area contributed by atoms with E-state index in [1.54, 1.807) is 37.3 Å². The fourth-order valence-electron chi connectivity index (χ4n) is 2.62. The minimum Gasteiger partial charge on any atom is -0.494 e. The second-order valence-corrected chi connectivity index (χ2v) is 8.40. The van der Waals surface area contributed by atoms with Crippen LogP contribution >= 0.6 is 11.3 Å². The van der Waals surface area contributed by atoms with Crippen LogP contribution < -0.4 is 9.46 Å². The zero-order valence-electron chi connectivity index (χ0n) is 15.1. The molecule has 0 unspecified atom stereocenters. The van der Waals surface area contributed by atoms with Gasteiger partial charge >= 0.3 is 0 Å². The molecule has 26 heavy (non-hydrogen) atoms. The van der Waals surface area contributed by atoms with Crippen LogP contribution in [-0.2, 0) is 17.1 Å². The van der Waals surface area contributed by atoms with Gasteiger partial charge in [-0.3, -0.25) is 4.72 Å². The standard InChI is InChI=1S/C18H21N3O3S2/c1-5-24-15-8-6-14(7-9-15)20-26(22,23)17-10-16(21(4)13(17)3)18-19-12(2)11-25-18/h6-11,20H,5H2,1-4H3. The molecule has 0 saturated heterocycles. The van der Waals surface area contributed by atoms with E-state index in [0.717, 1.165) is 16.4 Å². The Hall–Kier alpha value is -2.32. The number of ether oxygens (including phenoxy) is 1. The summed E-state index contributed by atoms with van der Waals surface area (Å²) in [5, 5.41) is 2.75. The maximum Gasteiger partial charge on any atom is 0.263 e. The summed E-state index contributed by atoms with van der Waals surface area (Å²) in [7, 11) is -1.86. The summed E-state index contributed by atoms with van der Waals surface area (Å²) < 4.78 is 35.6. The van der Waals surface area contributed by atoms with Crippen molar-refractivity contribution < 1.29 is 13.2 Å². The van der Waals surface area contributed by atoms with E-state index in [1.165, 1.54) is 11.3 Å². The van der Waals surface area contributed by atoms with E-state index < -0.39 is 10.0 Å². The van der Waals surface area contributed by atoms with Crippen LogP contribution in [0.3, 0.4) is 0 Å². The molecule has 0 spiro atoms. The van der Waals surface area contributed by atoms with E-state index in [-0.39, 0.29) is 4.90 Å². The van der Waals surface area contributed by atoms with Crippen LogP contribution in [-0.4, -0.2) is 24.6 Å². The molecule has 1 N–H and O–H groups in total. The Morgan fingerprint density at radius 3 is 2.50 bits per heavy atom. The third-order valence-corrected chi connectivity index (χ3v) is 6.51. The first kappa shape index (κ1) is 18.5. The van der Waals surface area contributed by atoms with E-state index >= 15 is 0 Å². The third kappa shape index (κ3) is 3.61. The lowest BCUT2D eigenvalue weighted by atomic mass is 10.3. The largest absolute Gasteiger partial charge is 0.494 e. The van der Waals surface area contributed by atoms with E-state index in [1.807, 2.05) is 30.8 Å². The quantitative estimate of drug-likeness (QED) is 0.690. The summed E-state index contributed by atoms with van der Waals surface area (Å²) in [4.78, 5) is 4.70. The number of hydrogen-bond acceptors (Lipinski definition) is 5. The molecule has 0 fully saturated rings. The van der Waals surface area contributed by atoms with Gasteiger partial charge in [0.2, 0.25) is 0 Å². The molecule has 0 bridgehead atoms. The van der Waals surface area contributed by atoms with Crippen molar-refractivity contribution in [1.82, 2.24) is 9.55 Å². The number of anilines is 1. The summed E-state index contributed by atoms with van der Waals surface area (Å²) in [5.74, 6) is 0.702. The van der Waals surface area contributed by atoms with Crippen molar-refractivity contribution in [3.8, 4) is 16.5 Å². The number of hydrogen-bond donors (Lipinski definition) is 1. The molecule has 2 aromatic heterocycles. The monoisotopic (exact) mass is 391 g/mol. The van der Waals surface area contributed by atoms with E-state index in [0.29, 0.717) is 23.7 Å². The molecule has 8 heteroatoms. The van der Waals surface area contributed by atoms with Crippen molar-refractivity contribution in [3.63, 3.8) is 0 Å². The first-order valence-corrected chi connectivity index (χ1v) is 10.5. The zero-order chi connectivity index (χ0) is 18.9. The van der Waals surface area contributed by atoms with Gasteiger partial charge in [0.1, 0.15) is 15.7 Å². The Morgan fingerprint density at radius 2 is 1.92 bits per heavy atom. The van der Waals surface area contributed by atoms with Gasteiger partial charge in [-0.15, -0.1) is 11.3 Å². The number of benzene rings is 1. The van der Waals surface area contributed by atoms with Crippen LogP contribution in [0, 0.1) is 13.8 Å². The lowest BCUT2D eigenvalue weighted by Gasteiger charge is -2.09. The molecule has 0 aliphatic heterocycles. The van der Waals surface area contributed by atoms with Crippen molar-refractivity contribution in [3.05, 3.63) is 47.1 Å². The second kappa shape index (κ2) is 7.13. The lowest BCUT2D eigenvalue weighted by molar-refractivity contribution is 0.340. The molecule has 0 atom stereocenters. The molecule has 138 valence electrons. The molecule has 0 aliphatic carbocycles. The summed E-state index contributed by atoms with van der Waals surface area (Å²) >= 11 is 1.50. The summed E-state index contributed by atoms with van der Waals surface area (Å²) in [5.41, 5.74) is 2.85. The number of aryl methyl sites for hydroxylation is 1. The SMILES string of the molecule is CCOc1ccc(NS(=O)(=O)c2cc(-c3nc(C)cs3)n(C)c2C)cc1. The number of aromatic nitrogens is 2. The zero-order valence-corrected chi connectivity index (χ0v) is 16.7. The van der Waals surface area contributed by atoms with Crippen molar-refractivity contribution >= 4 is 27.0 Å². The highest BCUT2D eigenvalue weighted by molar-refractivity contribution is 7.92. The molecule has 0 saturated carbocycles. The maximum atomic E-state index is 12.9. The Balaban J connectivity index is 1.92. The predicted molar refractivity (Wildman–Crippen MR) is 104 cm³/mol. The molecule has 2 heterocycles. The van der Waals surface area contributed by atoms with Crippen LogP contribution in [0.4, 0.5) is 5.69 Å². The lowest BCUT2D eigenvalue weighted by Crippen LogP contribution is -2.13. The topological polar surface area (TPSA) is 73.2 Å². The smallest absolute Gasteiger partial charge is 0.263 e.